The number of hydrogen-bond acceptors (Lipinski definition) is 14. The second-order valence-electron chi connectivity index (χ2n) is 21.3. The molecular formula is C52H80O14. The van der Waals surface area contributed by atoms with Gasteiger partial charge >= 0.3 is 5.97 Å². The van der Waals surface area contributed by atoms with E-state index in [1.807, 2.05) is 19.1 Å². The van der Waals surface area contributed by atoms with E-state index in [9.17, 15) is 30.3 Å². The number of carbonyl (C=O) groups is 1. The Labute approximate surface area is 392 Å². The third-order valence-electron chi connectivity index (χ3n) is 15.3. The van der Waals surface area contributed by atoms with Crippen LogP contribution in [0.2, 0.25) is 0 Å². The van der Waals surface area contributed by atoms with Crippen LogP contribution in [-0.2, 0) is 42.7 Å². The predicted octanol–water partition coefficient (Wildman–Crippen LogP) is 6.56. The standard InChI is InChI=1S/C52H80O14/c1-31(29-53)11-12-32(2)30-59-48(57)49(8,58)28-39-15-16-43(55)52(63-39)27-33(3)25-42(64-52)34(4)13-14-38-18-22-51(62-38)23-19-41-47(66-51)44(56)37(7)46(61-41)40(54)26-36(6)45-35(5)17-21-50(65-45)20-9-10-24-60-50/h11-14,27,34-36,38-47,53-56,58H,7,9-10,15-26,28-30H2,1-6,8H3/b14-13+,31-11-,32-12-/t34-,35-,36+,38+,39+,40+,41-,42+,43-,44-,45-,46+,47-,49-,50+,51-,52-/m1/s1. The molecule has 0 aliphatic carbocycles. The van der Waals surface area contributed by atoms with E-state index >= 15 is 0 Å². The van der Waals surface area contributed by atoms with Gasteiger partial charge in [-0.1, -0.05) is 57.2 Å². The van der Waals surface area contributed by atoms with Gasteiger partial charge in [-0.3, -0.25) is 0 Å². The highest BCUT2D eigenvalue weighted by Crippen LogP contribution is 2.47. The van der Waals surface area contributed by atoms with Crippen molar-refractivity contribution in [2.24, 2.45) is 17.8 Å². The lowest BCUT2D eigenvalue weighted by atomic mass is 9.79. The molecule has 14 heteroatoms. The number of ether oxygens (including phenoxy) is 8. The van der Waals surface area contributed by atoms with E-state index in [1.165, 1.54) is 6.92 Å². The largest absolute Gasteiger partial charge is 0.459 e. The van der Waals surface area contributed by atoms with Crippen LogP contribution in [0.15, 0.2) is 59.3 Å². The molecule has 7 heterocycles. The first kappa shape index (κ1) is 51.5. The minimum atomic E-state index is -1.84. The van der Waals surface area contributed by atoms with Crippen LogP contribution >= 0.6 is 0 Å². The highest BCUT2D eigenvalue weighted by Gasteiger charge is 2.55. The fourth-order valence-electron chi connectivity index (χ4n) is 11.3. The summed E-state index contributed by atoms with van der Waals surface area (Å²) in [6.07, 6.45) is 13.0. The Balaban J connectivity index is 0.900. The maximum Gasteiger partial charge on any atom is 0.338 e. The van der Waals surface area contributed by atoms with E-state index in [4.69, 9.17) is 37.9 Å². The molecule has 6 saturated heterocycles. The van der Waals surface area contributed by atoms with Crippen molar-refractivity contribution in [3.63, 3.8) is 0 Å². The van der Waals surface area contributed by atoms with Crippen LogP contribution in [0.4, 0.5) is 0 Å². The summed E-state index contributed by atoms with van der Waals surface area (Å²) in [5, 5.41) is 55.0. The number of rotatable bonds is 14. The Morgan fingerprint density at radius 3 is 2.45 bits per heavy atom. The van der Waals surface area contributed by atoms with E-state index in [0.717, 1.165) is 61.9 Å². The van der Waals surface area contributed by atoms with Crippen LogP contribution in [0, 0.1) is 17.8 Å². The molecule has 5 N–H and O–H groups in total. The molecule has 0 bridgehead atoms. The minimum absolute atomic E-state index is 0.00806. The summed E-state index contributed by atoms with van der Waals surface area (Å²) in [6.45, 7) is 18.2. The molecule has 0 radical (unpaired) electrons. The van der Waals surface area contributed by atoms with Gasteiger partial charge in [-0.05, 0) is 120 Å². The van der Waals surface area contributed by atoms with Gasteiger partial charge in [-0.25, -0.2) is 4.79 Å². The summed E-state index contributed by atoms with van der Waals surface area (Å²) in [5.74, 6) is -3.32. The van der Waals surface area contributed by atoms with Crippen LogP contribution in [0.25, 0.3) is 0 Å². The third kappa shape index (κ3) is 11.8. The van der Waals surface area contributed by atoms with Crippen LogP contribution < -0.4 is 0 Å². The SMILES string of the molecule is C=C1[C@@H](O)[C@@H]2O[C@]3(CC[C@H](/C=C/[C@@H](C)[C@@H]4CC(C)=C[C@@]5(O[C@H](C[C@@](C)(O)C(=O)OC/C(C)=C\C=C(\C)CO)CC[C@H]5O)O4)O3)CC[C@H]2O[C@@H]1[C@@H](O)C[C@H](C)[C@@H]1O[C@@]2(CCCCO2)CC[C@H]1C. The van der Waals surface area contributed by atoms with Gasteiger partial charge in [0.25, 0.3) is 0 Å². The second-order valence-corrected chi connectivity index (χ2v) is 21.3. The number of fused-ring (bicyclic) bond motifs is 1. The smallest absolute Gasteiger partial charge is 0.338 e. The first-order valence-corrected chi connectivity index (χ1v) is 24.9. The van der Waals surface area contributed by atoms with Gasteiger partial charge in [0, 0.05) is 38.0 Å². The molecule has 7 rings (SSSR count). The Morgan fingerprint density at radius 2 is 1.71 bits per heavy atom. The molecule has 7 aliphatic rings. The summed E-state index contributed by atoms with van der Waals surface area (Å²) in [5.41, 5.74) is 1.10. The van der Waals surface area contributed by atoms with Gasteiger partial charge in [-0.2, -0.15) is 0 Å². The normalized spacial score (nSPS) is 41.4. The quantitative estimate of drug-likeness (QED) is 0.0715. The summed E-state index contributed by atoms with van der Waals surface area (Å²) in [7, 11) is 0. The lowest BCUT2D eigenvalue weighted by Crippen LogP contribution is -2.60. The fourth-order valence-corrected chi connectivity index (χ4v) is 11.3. The van der Waals surface area contributed by atoms with Crippen molar-refractivity contribution < 1.29 is 68.2 Å². The minimum Gasteiger partial charge on any atom is -0.459 e. The first-order valence-electron chi connectivity index (χ1n) is 24.9. The molecule has 7 aliphatic heterocycles. The molecule has 0 amide bonds. The van der Waals surface area contributed by atoms with Crippen LogP contribution in [0.1, 0.15) is 138 Å². The topological polar surface area (TPSA) is 192 Å². The molecule has 0 aromatic carbocycles. The second kappa shape index (κ2) is 21.4. The number of esters is 1. The van der Waals surface area contributed by atoms with Crippen LogP contribution in [0.3, 0.4) is 0 Å². The predicted molar refractivity (Wildman–Crippen MR) is 246 cm³/mol. The first-order chi connectivity index (χ1) is 31.3. The zero-order valence-corrected chi connectivity index (χ0v) is 40.5. The molecule has 372 valence electrons. The Kier molecular flexibility index (Phi) is 16.7. The lowest BCUT2D eigenvalue weighted by Gasteiger charge is -2.50. The Bertz CT molecular complexity index is 1820. The van der Waals surface area contributed by atoms with Crippen molar-refractivity contribution in [2.75, 3.05) is 19.8 Å². The summed E-state index contributed by atoms with van der Waals surface area (Å²) in [6, 6.07) is 0. The molecular weight excluding hydrogens is 849 g/mol. The average Bonchev–Trinajstić information content (AvgIpc) is 3.68. The van der Waals surface area contributed by atoms with Crippen molar-refractivity contribution in [1.82, 2.24) is 0 Å². The fraction of sp³-hybridized carbons (Fsp3) is 0.788. The maximum absolute atomic E-state index is 13.0. The van der Waals surface area contributed by atoms with E-state index in [2.05, 4.69) is 33.4 Å². The van der Waals surface area contributed by atoms with E-state index in [-0.39, 0.29) is 49.8 Å². The zero-order valence-electron chi connectivity index (χ0n) is 40.5. The van der Waals surface area contributed by atoms with Gasteiger partial charge in [-0.15, -0.1) is 0 Å². The Morgan fingerprint density at radius 1 is 0.970 bits per heavy atom. The van der Waals surface area contributed by atoms with Gasteiger partial charge in [0.2, 0.25) is 5.79 Å². The highest BCUT2D eigenvalue weighted by molar-refractivity contribution is 5.78. The molecule has 0 unspecified atom stereocenters. The van der Waals surface area contributed by atoms with Gasteiger partial charge < -0.3 is 63.4 Å². The van der Waals surface area contributed by atoms with Gasteiger partial charge in [0.15, 0.2) is 17.2 Å². The molecule has 3 spiro atoms. The lowest BCUT2D eigenvalue weighted by molar-refractivity contribution is -0.321. The Hall–Kier alpha value is -2.31. The molecule has 66 heavy (non-hydrogen) atoms. The zero-order chi connectivity index (χ0) is 47.6. The molecule has 6 fully saturated rings. The summed E-state index contributed by atoms with van der Waals surface area (Å²) >= 11 is 0. The van der Waals surface area contributed by atoms with Crippen molar-refractivity contribution >= 4 is 5.97 Å². The van der Waals surface area contributed by atoms with E-state index in [0.29, 0.717) is 56.4 Å². The van der Waals surface area contributed by atoms with Crippen molar-refractivity contribution in [3.05, 3.63) is 59.3 Å². The number of hydrogen-bond donors (Lipinski definition) is 5. The van der Waals surface area contributed by atoms with E-state index < -0.39 is 71.7 Å². The van der Waals surface area contributed by atoms with E-state index in [1.54, 1.807) is 26.0 Å². The molecule has 17 atom stereocenters. The van der Waals surface area contributed by atoms with Crippen molar-refractivity contribution in [3.8, 4) is 0 Å². The monoisotopic (exact) mass is 929 g/mol. The van der Waals surface area contributed by atoms with Gasteiger partial charge in [0.05, 0.1) is 49.8 Å². The van der Waals surface area contributed by atoms with Gasteiger partial charge in [0.1, 0.15) is 31.0 Å². The number of aliphatic hydroxyl groups excluding tert-OH is 4. The van der Waals surface area contributed by atoms with Crippen LogP contribution in [-0.4, -0.2) is 135 Å². The number of allylic oxidation sites excluding steroid dienone is 2. The molecule has 0 saturated carbocycles. The average molecular weight is 929 g/mol. The number of carbonyl (C=O) groups excluding carboxylic acids is 1. The molecule has 0 aromatic rings. The van der Waals surface area contributed by atoms with Crippen LogP contribution in [0.5, 0.6) is 0 Å². The van der Waals surface area contributed by atoms with Crippen molar-refractivity contribution in [1.29, 1.82) is 0 Å². The summed E-state index contributed by atoms with van der Waals surface area (Å²) < 4.78 is 51.2. The number of aliphatic hydroxyl groups is 5. The summed E-state index contributed by atoms with van der Waals surface area (Å²) in [4.78, 5) is 13.0. The third-order valence-corrected chi connectivity index (χ3v) is 15.3. The molecule has 0 aromatic heterocycles. The maximum atomic E-state index is 13.0. The molecule has 14 nitrogen and oxygen atoms in total. The highest BCUT2D eigenvalue weighted by atomic mass is 16.7. The van der Waals surface area contributed by atoms with Crippen molar-refractivity contribution in [2.45, 2.75) is 222 Å².